The van der Waals surface area contributed by atoms with Gasteiger partial charge in [0.1, 0.15) is 0 Å². The first-order chi connectivity index (χ1) is 6.18. The number of nitrogens with one attached hydrogen (secondary N) is 1. The Kier molecular flexibility index (Phi) is 2.39. The van der Waals surface area contributed by atoms with E-state index in [0.717, 1.165) is 24.3 Å². The van der Waals surface area contributed by atoms with Gasteiger partial charge in [-0.05, 0) is 49.0 Å². The van der Waals surface area contributed by atoms with Gasteiger partial charge in [-0.3, -0.25) is 0 Å². The summed E-state index contributed by atoms with van der Waals surface area (Å²) in [4.78, 5) is 0. The number of fused-ring (bicyclic) bond motifs is 1. The molecule has 2 rings (SSSR count). The lowest BCUT2D eigenvalue weighted by Gasteiger charge is -2.35. The van der Waals surface area contributed by atoms with Crippen molar-refractivity contribution in [3.05, 3.63) is 0 Å². The molecule has 1 N–H and O–H groups in total. The highest BCUT2D eigenvalue weighted by atomic mass is 14.9. The molecule has 1 nitrogen and oxygen atoms in total. The smallest absolute Gasteiger partial charge is 0.00104 e. The van der Waals surface area contributed by atoms with Crippen LogP contribution >= 0.6 is 0 Å². The monoisotopic (exact) mass is 181 g/mol. The van der Waals surface area contributed by atoms with Crippen LogP contribution in [-0.4, -0.2) is 13.1 Å². The second kappa shape index (κ2) is 3.27. The highest BCUT2D eigenvalue weighted by Crippen LogP contribution is 2.62. The number of hydrogen-bond acceptors (Lipinski definition) is 1. The Morgan fingerprint density at radius 3 is 2.38 bits per heavy atom. The van der Waals surface area contributed by atoms with Gasteiger partial charge < -0.3 is 5.32 Å². The predicted molar refractivity (Wildman–Crippen MR) is 56.6 cm³/mol. The Bertz CT molecular complexity index is 176. The molecule has 0 aromatic rings. The summed E-state index contributed by atoms with van der Waals surface area (Å²) < 4.78 is 0. The van der Waals surface area contributed by atoms with E-state index in [-0.39, 0.29) is 0 Å². The van der Waals surface area contributed by atoms with Crippen LogP contribution in [0.4, 0.5) is 0 Å². The van der Waals surface area contributed by atoms with Gasteiger partial charge in [0.05, 0.1) is 0 Å². The van der Waals surface area contributed by atoms with E-state index in [2.05, 4.69) is 26.1 Å². The summed E-state index contributed by atoms with van der Waals surface area (Å²) >= 11 is 0. The standard InChI is InChI=1S/C12H23N/c1-4-13-8-12(9(2)3)6-10-5-11(10)7-12/h9-11,13H,4-8H2,1-3H3. The van der Waals surface area contributed by atoms with Crippen LogP contribution in [-0.2, 0) is 0 Å². The second-order valence-corrected chi connectivity index (χ2v) is 5.46. The zero-order valence-electron chi connectivity index (χ0n) is 9.27. The minimum Gasteiger partial charge on any atom is -0.316 e. The fourth-order valence-corrected chi connectivity index (χ4v) is 3.13. The van der Waals surface area contributed by atoms with Crippen molar-refractivity contribution < 1.29 is 0 Å². The first-order valence-corrected chi connectivity index (χ1v) is 5.88. The third-order valence-electron chi connectivity index (χ3n) is 4.36. The topological polar surface area (TPSA) is 12.0 Å². The fraction of sp³-hybridized carbons (Fsp3) is 1.00. The van der Waals surface area contributed by atoms with E-state index in [0.29, 0.717) is 5.41 Å². The molecule has 2 aliphatic carbocycles. The predicted octanol–water partition coefficient (Wildman–Crippen LogP) is 2.67. The Morgan fingerprint density at radius 1 is 1.31 bits per heavy atom. The van der Waals surface area contributed by atoms with Crippen molar-refractivity contribution in [2.24, 2.45) is 23.2 Å². The van der Waals surface area contributed by atoms with Crippen LogP contribution < -0.4 is 5.32 Å². The van der Waals surface area contributed by atoms with E-state index in [1.54, 1.807) is 6.42 Å². The molecule has 0 amide bonds. The van der Waals surface area contributed by atoms with Crippen molar-refractivity contribution in [3.63, 3.8) is 0 Å². The summed E-state index contributed by atoms with van der Waals surface area (Å²) in [6.45, 7) is 9.41. The molecule has 76 valence electrons. The van der Waals surface area contributed by atoms with Gasteiger partial charge in [-0.15, -0.1) is 0 Å². The zero-order chi connectivity index (χ0) is 9.47. The van der Waals surface area contributed by atoms with Crippen LogP contribution in [0.5, 0.6) is 0 Å². The van der Waals surface area contributed by atoms with Crippen LogP contribution in [0.2, 0.25) is 0 Å². The Balaban J connectivity index is 1.95. The third-order valence-corrected chi connectivity index (χ3v) is 4.36. The van der Waals surface area contributed by atoms with E-state index in [9.17, 15) is 0 Å². The van der Waals surface area contributed by atoms with E-state index in [1.165, 1.54) is 19.4 Å². The van der Waals surface area contributed by atoms with Gasteiger partial charge in [-0.25, -0.2) is 0 Å². The minimum absolute atomic E-state index is 0.656. The lowest BCUT2D eigenvalue weighted by molar-refractivity contribution is 0.168. The van der Waals surface area contributed by atoms with Gasteiger partial charge in [0.25, 0.3) is 0 Å². The van der Waals surface area contributed by atoms with Crippen molar-refractivity contribution in [1.82, 2.24) is 5.32 Å². The fourth-order valence-electron chi connectivity index (χ4n) is 3.13. The molecule has 0 bridgehead atoms. The van der Waals surface area contributed by atoms with Crippen LogP contribution in [0.15, 0.2) is 0 Å². The average Bonchev–Trinajstić information content (AvgIpc) is 2.71. The van der Waals surface area contributed by atoms with Crippen molar-refractivity contribution in [3.8, 4) is 0 Å². The maximum absolute atomic E-state index is 3.55. The normalized spacial score (nSPS) is 42.5. The highest BCUT2D eigenvalue weighted by molar-refractivity contribution is 5.05. The van der Waals surface area contributed by atoms with E-state index < -0.39 is 0 Å². The quantitative estimate of drug-likeness (QED) is 0.703. The average molecular weight is 181 g/mol. The Morgan fingerprint density at radius 2 is 1.92 bits per heavy atom. The molecular formula is C12H23N. The van der Waals surface area contributed by atoms with Crippen molar-refractivity contribution in [2.45, 2.75) is 40.0 Å². The van der Waals surface area contributed by atoms with Crippen molar-refractivity contribution in [2.75, 3.05) is 13.1 Å². The molecule has 1 heteroatoms. The number of rotatable bonds is 4. The van der Waals surface area contributed by atoms with Gasteiger partial charge in [0.2, 0.25) is 0 Å². The summed E-state index contributed by atoms with van der Waals surface area (Å²) in [5, 5.41) is 3.55. The van der Waals surface area contributed by atoms with Crippen molar-refractivity contribution >= 4 is 0 Å². The molecule has 0 aliphatic heterocycles. The molecule has 0 spiro atoms. The van der Waals surface area contributed by atoms with Gasteiger partial charge in [-0.2, -0.15) is 0 Å². The second-order valence-electron chi connectivity index (χ2n) is 5.46. The molecule has 0 aromatic heterocycles. The van der Waals surface area contributed by atoms with E-state index >= 15 is 0 Å². The van der Waals surface area contributed by atoms with Crippen molar-refractivity contribution in [1.29, 1.82) is 0 Å². The zero-order valence-corrected chi connectivity index (χ0v) is 9.27. The maximum atomic E-state index is 3.55. The molecule has 2 atom stereocenters. The molecule has 2 saturated carbocycles. The lowest BCUT2D eigenvalue weighted by atomic mass is 9.73. The third kappa shape index (κ3) is 1.63. The minimum atomic E-state index is 0.656. The summed E-state index contributed by atoms with van der Waals surface area (Å²) in [5.41, 5.74) is 0.656. The molecular weight excluding hydrogens is 158 g/mol. The van der Waals surface area contributed by atoms with Gasteiger partial charge in [-0.1, -0.05) is 20.8 Å². The largest absolute Gasteiger partial charge is 0.316 e. The van der Waals surface area contributed by atoms with Gasteiger partial charge in [0, 0.05) is 6.54 Å². The number of hydrogen-bond donors (Lipinski definition) is 1. The molecule has 0 aromatic carbocycles. The molecule has 2 unspecified atom stereocenters. The SMILES string of the molecule is CCNCC1(C(C)C)CC2CC2C1. The molecule has 0 heterocycles. The Labute approximate surface area is 82.3 Å². The van der Waals surface area contributed by atoms with Crippen LogP contribution in [0.3, 0.4) is 0 Å². The van der Waals surface area contributed by atoms with Crippen LogP contribution in [0, 0.1) is 23.2 Å². The molecule has 13 heavy (non-hydrogen) atoms. The van der Waals surface area contributed by atoms with Gasteiger partial charge >= 0.3 is 0 Å². The molecule has 0 saturated heterocycles. The summed E-state index contributed by atoms with van der Waals surface area (Å²) in [7, 11) is 0. The Hall–Kier alpha value is -0.0400. The van der Waals surface area contributed by atoms with E-state index in [1.807, 2.05) is 0 Å². The first kappa shape index (κ1) is 9.51. The summed E-state index contributed by atoms with van der Waals surface area (Å²) in [5.74, 6) is 3.08. The summed E-state index contributed by atoms with van der Waals surface area (Å²) in [6.07, 6.45) is 4.55. The maximum Gasteiger partial charge on any atom is 0.00104 e. The van der Waals surface area contributed by atoms with Crippen LogP contribution in [0.25, 0.3) is 0 Å². The van der Waals surface area contributed by atoms with Gasteiger partial charge in [0.15, 0.2) is 0 Å². The van der Waals surface area contributed by atoms with E-state index in [4.69, 9.17) is 0 Å². The highest BCUT2D eigenvalue weighted by Gasteiger charge is 2.54. The molecule has 2 aliphatic rings. The lowest BCUT2D eigenvalue weighted by Crippen LogP contribution is -2.37. The molecule has 2 fully saturated rings. The summed E-state index contributed by atoms with van der Waals surface area (Å²) in [6, 6.07) is 0. The van der Waals surface area contributed by atoms with Crippen LogP contribution in [0.1, 0.15) is 40.0 Å². The molecule has 0 radical (unpaired) electrons. The first-order valence-electron chi connectivity index (χ1n) is 5.88.